The average Bonchev–Trinajstić information content (AvgIpc) is 2.49. The van der Waals surface area contributed by atoms with Gasteiger partial charge in [0.25, 0.3) is 0 Å². The Morgan fingerprint density at radius 1 is 0.762 bits per heavy atom. The van der Waals surface area contributed by atoms with E-state index in [4.69, 9.17) is 0 Å². The van der Waals surface area contributed by atoms with Gasteiger partial charge in [0.15, 0.2) is 0 Å². The second-order valence-electron chi connectivity index (χ2n) is 4.49. The number of phenolic OH excluding ortho intramolecular Hbond substituents is 2. The first-order valence-electron chi connectivity index (χ1n) is 6.25. The number of benzene rings is 2. The maximum atomic E-state index is 9.33. The zero-order chi connectivity index (χ0) is 14.8. The molecule has 104 valence electrons. The highest BCUT2D eigenvalue weighted by atomic mass is 127. The van der Waals surface area contributed by atoms with E-state index in [0.717, 1.165) is 26.2 Å². The zero-order valence-electron chi connectivity index (χ0n) is 10.9. The second kappa shape index (κ2) is 5.69. The summed E-state index contributed by atoms with van der Waals surface area (Å²) in [6, 6.07) is 13.7. The summed E-state index contributed by atoms with van der Waals surface area (Å²) in [5, 5.41) is 18.6. The lowest BCUT2D eigenvalue weighted by Gasteiger charge is -2.06. The van der Waals surface area contributed by atoms with Crippen molar-refractivity contribution in [3.63, 3.8) is 0 Å². The number of aromatic hydroxyl groups is 2. The Morgan fingerprint density at radius 3 is 1.81 bits per heavy atom. The molecule has 0 aliphatic heterocycles. The van der Waals surface area contributed by atoms with Crippen LogP contribution in [0.1, 0.15) is 0 Å². The van der Waals surface area contributed by atoms with Gasteiger partial charge in [-0.05, 0) is 71.1 Å². The van der Waals surface area contributed by atoms with Gasteiger partial charge in [-0.1, -0.05) is 0 Å². The molecule has 0 amide bonds. The average molecular weight is 390 g/mol. The van der Waals surface area contributed by atoms with Crippen LogP contribution in [-0.4, -0.2) is 20.2 Å². The van der Waals surface area contributed by atoms with Gasteiger partial charge >= 0.3 is 0 Å². The molecule has 0 atom stereocenters. The van der Waals surface area contributed by atoms with Crippen molar-refractivity contribution in [1.82, 2.24) is 9.97 Å². The molecule has 0 saturated heterocycles. The number of rotatable bonds is 2. The number of hydrogen-bond acceptors (Lipinski definition) is 4. The van der Waals surface area contributed by atoms with E-state index in [-0.39, 0.29) is 11.5 Å². The van der Waals surface area contributed by atoms with Crippen LogP contribution in [0.2, 0.25) is 0 Å². The van der Waals surface area contributed by atoms with Crippen LogP contribution < -0.4 is 0 Å². The maximum Gasteiger partial charge on any atom is 0.128 e. The molecule has 0 fully saturated rings. The molecular formula is C16H11IN2O2. The monoisotopic (exact) mass is 390 g/mol. The molecule has 5 heteroatoms. The van der Waals surface area contributed by atoms with E-state index < -0.39 is 0 Å². The van der Waals surface area contributed by atoms with E-state index in [0.29, 0.717) is 0 Å². The van der Waals surface area contributed by atoms with E-state index in [1.807, 2.05) is 12.1 Å². The van der Waals surface area contributed by atoms with Crippen LogP contribution in [0.3, 0.4) is 0 Å². The smallest absolute Gasteiger partial charge is 0.128 e. The minimum absolute atomic E-state index is 0.224. The SMILES string of the molecule is Oc1ccc(-c2cnc(-c3ccc(O)cc3)c(I)n2)cc1. The van der Waals surface area contributed by atoms with Crippen molar-refractivity contribution < 1.29 is 10.2 Å². The predicted octanol–water partition coefficient (Wildman–Crippen LogP) is 3.83. The van der Waals surface area contributed by atoms with Gasteiger partial charge in [0, 0.05) is 11.1 Å². The molecule has 2 N–H and O–H groups in total. The van der Waals surface area contributed by atoms with Crippen LogP contribution in [-0.2, 0) is 0 Å². The fourth-order valence-corrected chi connectivity index (χ4v) is 2.66. The summed E-state index contributed by atoms with van der Waals surface area (Å²) in [5.41, 5.74) is 3.33. The number of halogens is 1. The van der Waals surface area contributed by atoms with E-state index in [9.17, 15) is 10.2 Å². The van der Waals surface area contributed by atoms with Crippen LogP contribution in [0.15, 0.2) is 54.7 Å². The van der Waals surface area contributed by atoms with Crippen LogP contribution in [0, 0.1) is 3.70 Å². The molecule has 0 aliphatic rings. The first-order valence-corrected chi connectivity index (χ1v) is 7.33. The lowest BCUT2D eigenvalue weighted by molar-refractivity contribution is 0.475. The molecule has 0 spiro atoms. The Labute approximate surface area is 135 Å². The molecule has 0 radical (unpaired) electrons. The number of phenols is 2. The largest absolute Gasteiger partial charge is 0.508 e. The van der Waals surface area contributed by atoms with E-state index in [1.165, 1.54) is 0 Å². The third-order valence-corrected chi connectivity index (χ3v) is 3.79. The molecule has 21 heavy (non-hydrogen) atoms. The Hall–Kier alpha value is -2.15. The quantitative estimate of drug-likeness (QED) is 0.653. The van der Waals surface area contributed by atoms with Crippen molar-refractivity contribution in [3.05, 3.63) is 58.4 Å². The van der Waals surface area contributed by atoms with Gasteiger partial charge in [-0.2, -0.15) is 0 Å². The Bertz CT molecular complexity index is 771. The first-order chi connectivity index (χ1) is 10.1. The van der Waals surface area contributed by atoms with Gasteiger partial charge in [-0.3, -0.25) is 4.98 Å². The Balaban J connectivity index is 1.99. The normalized spacial score (nSPS) is 10.5. The van der Waals surface area contributed by atoms with Crippen molar-refractivity contribution in [3.8, 4) is 34.0 Å². The van der Waals surface area contributed by atoms with Gasteiger partial charge in [0.2, 0.25) is 0 Å². The number of nitrogens with zero attached hydrogens (tertiary/aromatic N) is 2. The first kappa shape index (κ1) is 13.8. The molecule has 0 saturated carbocycles. The predicted molar refractivity (Wildman–Crippen MR) is 89.0 cm³/mol. The zero-order valence-corrected chi connectivity index (χ0v) is 13.0. The third kappa shape index (κ3) is 2.97. The fraction of sp³-hybridized carbons (Fsp3) is 0. The topological polar surface area (TPSA) is 66.2 Å². The van der Waals surface area contributed by atoms with Gasteiger partial charge in [-0.15, -0.1) is 0 Å². The van der Waals surface area contributed by atoms with Crippen LogP contribution >= 0.6 is 22.6 Å². The van der Waals surface area contributed by atoms with Gasteiger partial charge in [0.05, 0.1) is 11.9 Å². The maximum absolute atomic E-state index is 9.33. The van der Waals surface area contributed by atoms with Crippen molar-refractivity contribution in [2.24, 2.45) is 0 Å². The van der Waals surface area contributed by atoms with Crippen LogP contribution in [0.5, 0.6) is 11.5 Å². The standard InChI is InChI=1S/C16H11IN2O2/c17-16-15(11-3-7-13(21)8-4-11)18-9-14(19-16)10-1-5-12(20)6-2-10/h1-9,20-21H. The summed E-state index contributed by atoms with van der Waals surface area (Å²) >= 11 is 2.15. The molecule has 0 unspecified atom stereocenters. The van der Waals surface area contributed by atoms with Gasteiger partial charge < -0.3 is 10.2 Å². The van der Waals surface area contributed by atoms with E-state index in [2.05, 4.69) is 32.6 Å². The Morgan fingerprint density at radius 2 is 1.29 bits per heavy atom. The Kier molecular flexibility index (Phi) is 3.74. The lowest BCUT2D eigenvalue weighted by atomic mass is 10.1. The molecule has 2 aromatic carbocycles. The molecule has 3 aromatic rings. The van der Waals surface area contributed by atoms with Gasteiger partial charge in [-0.25, -0.2) is 4.98 Å². The number of hydrogen-bond donors (Lipinski definition) is 2. The summed E-state index contributed by atoms with van der Waals surface area (Å²) in [6.07, 6.45) is 1.71. The molecule has 3 rings (SSSR count). The van der Waals surface area contributed by atoms with E-state index in [1.54, 1.807) is 42.6 Å². The highest BCUT2D eigenvalue weighted by molar-refractivity contribution is 14.1. The molecule has 1 heterocycles. The summed E-state index contributed by atoms with van der Waals surface area (Å²) < 4.78 is 0.781. The molecular weight excluding hydrogens is 379 g/mol. The van der Waals surface area contributed by atoms with Crippen molar-refractivity contribution in [2.75, 3.05) is 0 Å². The fourth-order valence-electron chi connectivity index (χ4n) is 1.95. The molecule has 0 aliphatic carbocycles. The summed E-state index contributed by atoms with van der Waals surface area (Å²) in [6.45, 7) is 0. The third-order valence-electron chi connectivity index (χ3n) is 3.03. The summed E-state index contributed by atoms with van der Waals surface area (Å²) in [7, 11) is 0. The lowest BCUT2D eigenvalue weighted by Crippen LogP contribution is -1.94. The minimum atomic E-state index is 0.224. The summed E-state index contributed by atoms with van der Waals surface area (Å²) in [4.78, 5) is 9.01. The van der Waals surface area contributed by atoms with Crippen LogP contribution in [0.25, 0.3) is 22.5 Å². The van der Waals surface area contributed by atoms with Crippen molar-refractivity contribution >= 4 is 22.6 Å². The van der Waals surface area contributed by atoms with Crippen LogP contribution in [0.4, 0.5) is 0 Å². The molecule has 0 bridgehead atoms. The van der Waals surface area contributed by atoms with Crippen molar-refractivity contribution in [1.29, 1.82) is 0 Å². The highest BCUT2D eigenvalue weighted by Gasteiger charge is 2.09. The van der Waals surface area contributed by atoms with Crippen molar-refractivity contribution in [2.45, 2.75) is 0 Å². The summed E-state index contributed by atoms with van der Waals surface area (Å²) in [5.74, 6) is 0.449. The molecule has 4 nitrogen and oxygen atoms in total. The minimum Gasteiger partial charge on any atom is -0.508 e. The highest BCUT2D eigenvalue weighted by Crippen LogP contribution is 2.26. The second-order valence-corrected chi connectivity index (χ2v) is 5.51. The molecule has 1 aromatic heterocycles. The number of aromatic nitrogens is 2. The van der Waals surface area contributed by atoms with Gasteiger partial charge in [0.1, 0.15) is 20.9 Å². The van der Waals surface area contributed by atoms with E-state index >= 15 is 0 Å².